The number of amides is 1. The van der Waals surface area contributed by atoms with Gasteiger partial charge in [0, 0.05) is 37.7 Å². The lowest BCUT2D eigenvalue weighted by molar-refractivity contribution is -0.153. The molecule has 0 radical (unpaired) electrons. The molecule has 4 atom stereocenters. The molecule has 1 aromatic rings. The number of fused-ring (bicyclic) bond motifs is 2. The van der Waals surface area contributed by atoms with Gasteiger partial charge in [0.25, 0.3) is 0 Å². The van der Waals surface area contributed by atoms with Gasteiger partial charge >= 0.3 is 5.97 Å². The normalized spacial score (nSPS) is 31.3. The van der Waals surface area contributed by atoms with Crippen LogP contribution in [0.2, 0.25) is 5.02 Å². The molecule has 1 N–H and O–H groups in total. The first-order chi connectivity index (χ1) is 12.5. The highest BCUT2D eigenvalue weighted by atomic mass is 35.5. The number of rotatable bonds is 4. The highest BCUT2D eigenvalue weighted by Gasteiger charge is 2.54. The molecule has 0 spiro atoms. The van der Waals surface area contributed by atoms with Gasteiger partial charge < -0.3 is 10.0 Å². The zero-order chi connectivity index (χ0) is 18.3. The summed E-state index contributed by atoms with van der Waals surface area (Å²) >= 11 is 6.05. The molecule has 6 heteroatoms. The van der Waals surface area contributed by atoms with Gasteiger partial charge in [0.2, 0.25) is 5.91 Å². The Balaban J connectivity index is 1.36. The highest BCUT2D eigenvalue weighted by Crippen LogP contribution is 2.53. The summed E-state index contributed by atoms with van der Waals surface area (Å²) in [6.07, 6.45) is 2.90. The van der Waals surface area contributed by atoms with Crippen molar-refractivity contribution in [1.29, 1.82) is 0 Å². The molecule has 2 bridgehead atoms. The van der Waals surface area contributed by atoms with Crippen LogP contribution in [0.5, 0.6) is 0 Å². The minimum Gasteiger partial charge on any atom is -0.481 e. The van der Waals surface area contributed by atoms with E-state index in [1.165, 1.54) is 5.56 Å². The predicted octanol–water partition coefficient (Wildman–Crippen LogP) is 2.73. The van der Waals surface area contributed by atoms with Crippen molar-refractivity contribution in [1.82, 2.24) is 9.80 Å². The largest absolute Gasteiger partial charge is 0.481 e. The number of aliphatic carboxylic acids is 1. The Morgan fingerprint density at radius 1 is 1.08 bits per heavy atom. The smallest absolute Gasteiger partial charge is 0.307 e. The Morgan fingerprint density at radius 3 is 2.42 bits per heavy atom. The summed E-state index contributed by atoms with van der Waals surface area (Å²) in [6, 6.07) is 7.87. The molecule has 3 aliphatic rings. The molecule has 5 nitrogen and oxygen atoms in total. The van der Waals surface area contributed by atoms with Gasteiger partial charge in [-0.25, -0.2) is 0 Å². The lowest BCUT2D eigenvalue weighted by Crippen LogP contribution is -2.52. The zero-order valence-corrected chi connectivity index (χ0v) is 15.6. The fourth-order valence-corrected chi connectivity index (χ4v) is 5.45. The molecular formula is C20H25ClN2O3. The van der Waals surface area contributed by atoms with Gasteiger partial charge in [0.1, 0.15) is 0 Å². The fourth-order valence-electron chi connectivity index (χ4n) is 5.23. The first kappa shape index (κ1) is 17.8. The summed E-state index contributed by atoms with van der Waals surface area (Å²) in [7, 11) is 0. The van der Waals surface area contributed by atoms with Crippen LogP contribution in [0.15, 0.2) is 24.3 Å². The van der Waals surface area contributed by atoms with Gasteiger partial charge in [-0.15, -0.1) is 0 Å². The molecule has 4 rings (SSSR count). The Bertz CT molecular complexity index is 702. The van der Waals surface area contributed by atoms with Crippen LogP contribution < -0.4 is 0 Å². The number of halogens is 1. The highest BCUT2D eigenvalue weighted by molar-refractivity contribution is 6.30. The van der Waals surface area contributed by atoms with E-state index in [9.17, 15) is 14.7 Å². The van der Waals surface area contributed by atoms with Crippen LogP contribution in [0.1, 0.15) is 24.8 Å². The molecule has 1 heterocycles. The van der Waals surface area contributed by atoms with Crippen molar-refractivity contribution in [3.63, 3.8) is 0 Å². The lowest BCUT2D eigenvalue weighted by atomic mass is 9.78. The SMILES string of the molecule is O=C(O)C1C2CCC(C2)C1C(=O)N1CCN(Cc2cccc(Cl)c2)CC1. The second kappa shape index (κ2) is 7.20. The van der Waals surface area contributed by atoms with Gasteiger partial charge in [-0.1, -0.05) is 23.7 Å². The number of hydrogen-bond donors (Lipinski definition) is 1. The van der Waals surface area contributed by atoms with E-state index in [2.05, 4.69) is 11.0 Å². The Labute approximate surface area is 158 Å². The summed E-state index contributed by atoms with van der Waals surface area (Å²) in [5.41, 5.74) is 1.18. The first-order valence-electron chi connectivity index (χ1n) is 9.51. The average molecular weight is 377 g/mol. The van der Waals surface area contributed by atoms with Crippen LogP contribution in [0.25, 0.3) is 0 Å². The minimum absolute atomic E-state index is 0.0759. The number of carbonyl (C=O) groups is 2. The van der Waals surface area contributed by atoms with E-state index in [0.29, 0.717) is 13.1 Å². The van der Waals surface area contributed by atoms with E-state index < -0.39 is 11.9 Å². The van der Waals surface area contributed by atoms with Crippen molar-refractivity contribution < 1.29 is 14.7 Å². The number of carbonyl (C=O) groups excluding carboxylic acids is 1. The van der Waals surface area contributed by atoms with Crippen molar-refractivity contribution in [2.45, 2.75) is 25.8 Å². The molecule has 1 saturated heterocycles. The second-order valence-electron chi connectivity index (χ2n) is 7.95. The van der Waals surface area contributed by atoms with Crippen LogP contribution in [-0.2, 0) is 16.1 Å². The van der Waals surface area contributed by atoms with Crippen LogP contribution in [0, 0.1) is 23.7 Å². The summed E-state index contributed by atoms with van der Waals surface area (Å²) < 4.78 is 0. The number of hydrogen-bond acceptors (Lipinski definition) is 3. The molecule has 3 fully saturated rings. The maximum Gasteiger partial charge on any atom is 0.307 e. The Hall–Kier alpha value is -1.59. The Kier molecular flexibility index (Phi) is 4.93. The first-order valence-corrected chi connectivity index (χ1v) is 9.89. The average Bonchev–Trinajstić information content (AvgIpc) is 3.23. The lowest BCUT2D eigenvalue weighted by Gasteiger charge is -2.38. The molecule has 1 amide bonds. The van der Waals surface area contributed by atoms with Gasteiger partial charge in [0.05, 0.1) is 11.8 Å². The summed E-state index contributed by atoms with van der Waals surface area (Å²) in [5.74, 6) is -0.993. The van der Waals surface area contributed by atoms with E-state index in [-0.39, 0.29) is 23.7 Å². The maximum atomic E-state index is 13.0. The number of nitrogens with zero attached hydrogens (tertiary/aromatic N) is 2. The monoisotopic (exact) mass is 376 g/mol. The zero-order valence-electron chi connectivity index (χ0n) is 14.8. The standard InChI is InChI=1S/C20H25ClN2O3/c21-16-3-1-2-13(10-16)12-22-6-8-23(9-7-22)19(24)17-14-4-5-15(11-14)18(17)20(25)26/h1-3,10,14-15,17-18H,4-9,11-12H2,(H,25,26). The fraction of sp³-hybridized carbons (Fsp3) is 0.600. The molecular weight excluding hydrogens is 352 g/mol. The van der Waals surface area contributed by atoms with Crippen molar-refractivity contribution >= 4 is 23.5 Å². The van der Waals surface area contributed by atoms with Gasteiger partial charge in [0.15, 0.2) is 0 Å². The quantitative estimate of drug-likeness (QED) is 0.877. The molecule has 4 unspecified atom stereocenters. The third-order valence-corrected chi connectivity index (χ3v) is 6.70. The number of benzene rings is 1. The second-order valence-corrected chi connectivity index (χ2v) is 8.39. The van der Waals surface area contributed by atoms with E-state index in [4.69, 9.17) is 11.6 Å². The number of piperazine rings is 1. The molecule has 140 valence electrons. The number of carboxylic acid groups (broad SMARTS) is 1. The van der Waals surface area contributed by atoms with Crippen LogP contribution >= 0.6 is 11.6 Å². The minimum atomic E-state index is -0.782. The van der Waals surface area contributed by atoms with E-state index in [1.54, 1.807) is 0 Å². The maximum absolute atomic E-state index is 13.0. The van der Waals surface area contributed by atoms with Crippen molar-refractivity contribution in [3.05, 3.63) is 34.9 Å². The van der Waals surface area contributed by atoms with Crippen molar-refractivity contribution in [3.8, 4) is 0 Å². The molecule has 2 aliphatic carbocycles. The van der Waals surface area contributed by atoms with Gasteiger partial charge in [-0.3, -0.25) is 14.5 Å². The van der Waals surface area contributed by atoms with Crippen LogP contribution in [0.3, 0.4) is 0 Å². The molecule has 1 aromatic carbocycles. The third-order valence-electron chi connectivity index (χ3n) is 6.47. The van der Waals surface area contributed by atoms with E-state index in [0.717, 1.165) is 43.9 Å². The molecule has 0 aromatic heterocycles. The van der Waals surface area contributed by atoms with Crippen LogP contribution in [-0.4, -0.2) is 53.0 Å². The molecule has 1 aliphatic heterocycles. The predicted molar refractivity (Wildman–Crippen MR) is 98.8 cm³/mol. The summed E-state index contributed by atoms with van der Waals surface area (Å²) in [6.45, 7) is 3.82. The van der Waals surface area contributed by atoms with E-state index in [1.807, 2.05) is 23.1 Å². The van der Waals surface area contributed by atoms with Gasteiger partial charge in [-0.2, -0.15) is 0 Å². The molecule has 2 saturated carbocycles. The van der Waals surface area contributed by atoms with Crippen molar-refractivity contribution in [2.24, 2.45) is 23.7 Å². The van der Waals surface area contributed by atoms with E-state index >= 15 is 0 Å². The third kappa shape index (κ3) is 3.35. The van der Waals surface area contributed by atoms with Crippen LogP contribution in [0.4, 0.5) is 0 Å². The number of carboxylic acids is 1. The molecule has 26 heavy (non-hydrogen) atoms. The summed E-state index contributed by atoms with van der Waals surface area (Å²) in [5, 5.41) is 10.3. The van der Waals surface area contributed by atoms with Gasteiger partial charge in [-0.05, 0) is 48.8 Å². The Morgan fingerprint density at radius 2 is 1.77 bits per heavy atom. The van der Waals surface area contributed by atoms with Crippen molar-refractivity contribution in [2.75, 3.05) is 26.2 Å². The summed E-state index contributed by atoms with van der Waals surface area (Å²) in [4.78, 5) is 28.9. The topological polar surface area (TPSA) is 60.9 Å².